The number of phenolic OH excluding ortho intramolecular Hbond substituents is 1. The van der Waals surface area contributed by atoms with E-state index < -0.39 is 17.1 Å². The van der Waals surface area contributed by atoms with Crippen LogP contribution in [0.1, 0.15) is 25.3 Å². The van der Waals surface area contributed by atoms with Gasteiger partial charge in [0.2, 0.25) is 0 Å². The second-order valence-corrected chi connectivity index (χ2v) is 8.49. The number of nitrogens with zero attached hydrogens (tertiary/aromatic N) is 1. The van der Waals surface area contributed by atoms with Crippen LogP contribution >= 0.6 is 56.9 Å². The summed E-state index contributed by atoms with van der Waals surface area (Å²) in [6.07, 6.45) is 3.21. The number of rotatable bonds is 6. The number of esters is 1. The Balaban J connectivity index is 2.11. The molecule has 1 N–H and O–H groups in total. The lowest BCUT2D eigenvalue weighted by atomic mass is 10.2. The van der Waals surface area contributed by atoms with Crippen LogP contribution in [0.4, 0.5) is 4.79 Å². The number of ether oxygens (including phenoxy) is 1. The summed E-state index contributed by atoms with van der Waals surface area (Å²) >= 11 is 4.77. The van der Waals surface area contributed by atoms with E-state index in [0.717, 1.165) is 29.5 Å². The van der Waals surface area contributed by atoms with Crippen molar-refractivity contribution in [3.05, 3.63) is 29.7 Å². The molecule has 0 aromatic heterocycles. The maximum Gasteiger partial charge on any atom is 0.326 e. The number of benzene rings is 1. The summed E-state index contributed by atoms with van der Waals surface area (Å²) in [6, 6.07) is 3.43. The molecular weight excluding hydrogens is 572 g/mol. The van der Waals surface area contributed by atoms with Crippen molar-refractivity contribution in [2.75, 3.05) is 13.2 Å². The van der Waals surface area contributed by atoms with Gasteiger partial charge in [-0.1, -0.05) is 13.3 Å². The fourth-order valence-corrected chi connectivity index (χ4v) is 4.62. The zero-order valence-corrected chi connectivity index (χ0v) is 18.4. The molecule has 0 radical (unpaired) electrons. The number of amides is 2. The summed E-state index contributed by atoms with van der Waals surface area (Å²) in [4.78, 5) is 37.3. The van der Waals surface area contributed by atoms with Crippen LogP contribution in [0.15, 0.2) is 17.0 Å². The Morgan fingerprint density at radius 2 is 1.96 bits per heavy atom. The van der Waals surface area contributed by atoms with Gasteiger partial charge in [-0.25, -0.2) is 0 Å². The molecule has 2 amide bonds. The second-order valence-electron chi connectivity index (χ2n) is 5.18. The number of phenols is 1. The maximum atomic E-state index is 12.4. The van der Waals surface area contributed by atoms with Gasteiger partial charge >= 0.3 is 5.97 Å². The van der Waals surface area contributed by atoms with E-state index in [9.17, 15) is 19.5 Å². The molecule has 1 aromatic carbocycles. The number of carbonyl (C=O) groups excluding carboxylic acids is 3. The topological polar surface area (TPSA) is 83.9 Å². The number of thioether (sulfide) groups is 1. The molecule has 1 aliphatic heterocycles. The van der Waals surface area contributed by atoms with Crippen molar-refractivity contribution in [1.29, 1.82) is 0 Å². The summed E-state index contributed by atoms with van der Waals surface area (Å²) in [5.41, 5.74) is 0.697. The number of imide groups is 1. The summed E-state index contributed by atoms with van der Waals surface area (Å²) in [6.45, 7) is 1.88. The fourth-order valence-electron chi connectivity index (χ4n) is 1.96. The molecule has 6 nitrogen and oxygen atoms in total. The van der Waals surface area contributed by atoms with E-state index in [-0.39, 0.29) is 23.8 Å². The monoisotopic (exact) mass is 587 g/mol. The van der Waals surface area contributed by atoms with Gasteiger partial charge in [0.15, 0.2) is 0 Å². The molecule has 0 bridgehead atoms. The molecule has 0 spiro atoms. The summed E-state index contributed by atoms with van der Waals surface area (Å²) in [5, 5.41) is 9.30. The number of hydrogen-bond donors (Lipinski definition) is 1. The van der Waals surface area contributed by atoms with Crippen LogP contribution in [0.2, 0.25) is 0 Å². The smallest absolute Gasteiger partial charge is 0.326 e. The average molecular weight is 587 g/mol. The minimum absolute atomic E-state index is 0.182. The molecule has 0 saturated carbocycles. The standard InChI is InChI=1S/C16H15I2NO5S/c1-2-3-4-24-13(20)8-19-15(22)12(25-16(19)23)7-9-5-10(17)14(21)11(18)6-9/h5-7,21H,2-4,8H2,1H3/b12-7+. The van der Waals surface area contributed by atoms with E-state index in [1.165, 1.54) is 0 Å². The summed E-state index contributed by atoms with van der Waals surface area (Å²) in [7, 11) is 0. The van der Waals surface area contributed by atoms with Gasteiger partial charge in [-0.15, -0.1) is 0 Å². The molecule has 0 atom stereocenters. The minimum atomic E-state index is -0.592. The van der Waals surface area contributed by atoms with Crippen LogP contribution in [-0.2, 0) is 14.3 Å². The van der Waals surface area contributed by atoms with E-state index in [2.05, 4.69) is 0 Å². The number of halogens is 2. The van der Waals surface area contributed by atoms with Crippen molar-refractivity contribution < 1.29 is 24.2 Å². The molecule has 1 aromatic rings. The highest BCUT2D eigenvalue weighted by Crippen LogP contribution is 2.34. The Labute approximate surface area is 176 Å². The molecule has 0 aliphatic carbocycles. The number of aromatic hydroxyl groups is 1. The first-order valence-electron chi connectivity index (χ1n) is 7.42. The van der Waals surface area contributed by atoms with Gasteiger partial charge in [-0.3, -0.25) is 19.3 Å². The van der Waals surface area contributed by atoms with Crippen LogP contribution in [0.25, 0.3) is 6.08 Å². The molecule has 25 heavy (non-hydrogen) atoms. The number of unbranched alkanes of at least 4 members (excludes halogenated alkanes) is 1. The maximum absolute atomic E-state index is 12.4. The van der Waals surface area contributed by atoms with Crippen molar-refractivity contribution in [3.63, 3.8) is 0 Å². The van der Waals surface area contributed by atoms with E-state index in [0.29, 0.717) is 12.7 Å². The quantitative estimate of drug-likeness (QED) is 0.235. The first-order valence-corrected chi connectivity index (χ1v) is 10.4. The predicted octanol–water partition coefficient (Wildman–Crippen LogP) is 3.98. The van der Waals surface area contributed by atoms with Gasteiger partial charge < -0.3 is 9.84 Å². The van der Waals surface area contributed by atoms with Crippen LogP contribution < -0.4 is 0 Å². The van der Waals surface area contributed by atoms with Crippen molar-refractivity contribution in [2.45, 2.75) is 19.8 Å². The fraction of sp³-hybridized carbons (Fsp3) is 0.312. The normalized spacial score (nSPS) is 16.0. The largest absolute Gasteiger partial charge is 0.506 e. The molecule has 1 saturated heterocycles. The number of hydrogen-bond acceptors (Lipinski definition) is 6. The lowest BCUT2D eigenvalue weighted by Gasteiger charge is -2.11. The zero-order valence-electron chi connectivity index (χ0n) is 13.3. The molecule has 1 fully saturated rings. The van der Waals surface area contributed by atoms with Crippen molar-refractivity contribution >= 4 is 80.1 Å². The van der Waals surface area contributed by atoms with Crippen molar-refractivity contribution in [2.24, 2.45) is 0 Å². The van der Waals surface area contributed by atoms with Gasteiger partial charge in [0.1, 0.15) is 12.3 Å². The van der Waals surface area contributed by atoms with E-state index in [4.69, 9.17) is 4.74 Å². The zero-order chi connectivity index (χ0) is 18.6. The lowest BCUT2D eigenvalue weighted by molar-refractivity contribution is -0.146. The Morgan fingerprint density at radius 3 is 2.56 bits per heavy atom. The van der Waals surface area contributed by atoms with Crippen LogP contribution in [0, 0.1) is 7.14 Å². The van der Waals surface area contributed by atoms with Crippen LogP contribution in [0.3, 0.4) is 0 Å². The summed E-state index contributed by atoms with van der Waals surface area (Å²) in [5.74, 6) is -0.924. The highest BCUT2D eigenvalue weighted by atomic mass is 127. The SMILES string of the molecule is CCCCOC(=O)CN1C(=O)S/C(=C/c2cc(I)c(O)c(I)c2)C1=O. The third-order valence-electron chi connectivity index (χ3n) is 3.26. The van der Waals surface area contributed by atoms with Crippen molar-refractivity contribution in [1.82, 2.24) is 4.90 Å². The molecule has 134 valence electrons. The van der Waals surface area contributed by atoms with Crippen molar-refractivity contribution in [3.8, 4) is 5.75 Å². The molecule has 1 heterocycles. The first-order chi connectivity index (χ1) is 11.8. The molecular formula is C16H15I2NO5S. The average Bonchev–Trinajstić information content (AvgIpc) is 2.80. The second kappa shape index (κ2) is 9.21. The molecule has 0 unspecified atom stereocenters. The van der Waals surface area contributed by atoms with Gasteiger partial charge in [0.05, 0.1) is 18.7 Å². The Kier molecular flexibility index (Phi) is 7.55. The Bertz CT molecular complexity index is 727. The van der Waals surface area contributed by atoms with Crippen LogP contribution in [0.5, 0.6) is 5.75 Å². The molecule has 9 heteroatoms. The molecule has 1 aliphatic rings. The third kappa shape index (κ3) is 5.33. The Morgan fingerprint density at radius 1 is 1.32 bits per heavy atom. The lowest BCUT2D eigenvalue weighted by Crippen LogP contribution is -2.34. The van der Waals surface area contributed by atoms with Gasteiger partial charge in [0, 0.05) is 0 Å². The third-order valence-corrected chi connectivity index (χ3v) is 5.81. The minimum Gasteiger partial charge on any atom is -0.506 e. The molecule has 2 rings (SSSR count). The highest BCUT2D eigenvalue weighted by Gasteiger charge is 2.36. The summed E-state index contributed by atoms with van der Waals surface area (Å²) < 4.78 is 6.29. The predicted molar refractivity (Wildman–Crippen MR) is 112 cm³/mol. The highest BCUT2D eigenvalue weighted by molar-refractivity contribution is 14.1. The van der Waals surface area contributed by atoms with E-state index in [1.54, 1.807) is 18.2 Å². The first kappa shape index (κ1) is 20.5. The number of carbonyl (C=O) groups is 3. The van der Waals surface area contributed by atoms with E-state index >= 15 is 0 Å². The van der Waals surface area contributed by atoms with Crippen LogP contribution in [-0.4, -0.2) is 40.3 Å². The van der Waals surface area contributed by atoms with E-state index in [1.807, 2.05) is 52.1 Å². The van der Waals surface area contributed by atoms with Gasteiger partial charge in [0.25, 0.3) is 11.1 Å². The van der Waals surface area contributed by atoms with Gasteiger partial charge in [-0.05, 0) is 87.1 Å². The Hall–Kier alpha value is -0.820. The van der Waals surface area contributed by atoms with Gasteiger partial charge in [-0.2, -0.15) is 0 Å².